The molecule has 3 nitrogen and oxygen atoms in total. The third-order valence-electron chi connectivity index (χ3n) is 12.3. The predicted octanol–water partition coefficient (Wildman–Crippen LogP) is 15.8. The smallest absolute Gasteiger partial charge is 0.0542 e. The second kappa shape index (κ2) is 14.3. The quantitative estimate of drug-likeness (QED) is 0.157. The fourth-order valence-electron chi connectivity index (χ4n) is 9.51. The van der Waals surface area contributed by atoms with E-state index in [1.54, 1.807) is 0 Å². The lowest BCUT2D eigenvalue weighted by Crippen LogP contribution is -2.11. The zero-order valence-electron chi connectivity index (χ0n) is 33.4. The molecule has 2 aromatic heterocycles. The van der Waals surface area contributed by atoms with Crippen LogP contribution in [0.4, 0.5) is 17.1 Å². The molecule has 0 atom stereocenters. The number of aromatic nitrogens is 2. The number of anilines is 3. The van der Waals surface area contributed by atoms with Crippen LogP contribution in [0.3, 0.4) is 0 Å². The SMILES string of the molecule is c1ccc(N(c2ccc(-c3ccc(-c4ccc5c(c4)c4ccccc4n5-c4ccccc4)cc3)cc2)c2ccc(-n3c4ccccc4c4ccccc43)c3ccccc23)cc1. The predicted molar refractivity (Wildman–Crippen MR) is 258 cm³/mol. The van der Waals surface area contributed by atoms with Gasteiger partial charge >= 0.3 is 0 Å². The van der Waals surface area contributed by atoms with Gasteiger partial charge in [-0.1, -0.05) is 158 Å². The number of rotatable bonds is 7. The van der Waals surface area contributed by atoms with Gasteiger partial charge in [-0.25, -0.2) is 0 Å². The average molecular weight is 778 g/mol. The molecule has 0 unspecified atom stereocenters. The molecule has 0 amide bonds. The number of hydrogen-bond acceptors (Lipinski definition) is 1. The van der Waals surface area contributed by atoms with E-state index in [1.807, 2.05) is 0 Å². The Morgan fingerprint density at radius 2 is 0.689 bits per heavy atom. The lowest BCUT2D eigenvalue weighted by molar-refractivity contribution is 1.18. The fraction of sp³-hybridized carbons (Fsp3) is 0. The van der Waals surface area contributed by atoms with Gasteiger partial charge in [0.15, 0.2) is 0 Å². The number of fused-ring (bicyclic) bond motifs is 7. The molecule has 0 spiro atoms. The second-order valence-electron chi connectivity index (χ2n) is 15.7. The van der Waals surface area contributed by atoms with Crippen molar-refractivity contribution < 1.29 is 0 Å². The molecule has 0 aliphatic carbocycles. The Balaban J connectivity index is 0.907. The number of hydrogen-bond donors (Lipinski definition) is 0. The molecule has 2 heterocycles. The Hall–Kier alpha value is -8.14. The van der Waals surface area contributed by atoms with Gasteiger partial charge in [0.25, 0.3) is 0 Å². The van der Waals surface area contributed by atoms with Crippen molar-refractivity contribution in [2.24, 2.45) is 0 Å². The van der Waals surface area contributed by atoms with Crippen LogP contribution < -0.4 is 4.90 Å². The van der Waals surface area contributed by atoms with Crippen molar-refractivity contribution in [2.45, 2.75) is 0 Å². The first kappa shape index (κ1) is 34.9. The van der Waals surface area contributed by atoms with E-state index in [0.717, 1.165) is 17.1 Å². The molecule has 286 valence electrons. The highest BCUT2D eigenvalue weighted by molar-refractivity contribution is 6.12. The summed E-state index contributed by atoms with van der Waals surface area (Å²) in [5.41, 5.74) is 15.3. The number of nitrogens with zero attached hydrogens (tertiary/aromatic N) is 3. The molecule has 12 rings (SSSR count). The highest BCUT2D eigenvalue weighted by Crippen LogP contribution is 2.43. The van der Waals surface area contributed by atoms with Crippen molar-refractivity contribution in [1.82, 2.24) is 9.13 Å². The fourth-order valence-corrected chi connectivity index (χ4v) is 9.51. The highest BCUT2D eigenvalue weighted by Gasteiger charge is 2.20. The molecule has 0 radical (unpaired) electrons. The summed E-state index contributed by atoms with van der Waals surface area (Å²) in [6.45, 7) is 0. The van der Waals surface area contributed by atoms with E-state index in [0.29, 0.717) is 0 Å². The monoisotopic (exact) mass is 777 g/mol. The van der Waals surface area contributed by atoms with Gasteiger partial charge in [0.05, 0.1) is 33.4 Å². The summed E-state index contributed by atoms with van der Waals surface area (Å²) in [6, 6.07) is 85.8. The van der Waals surface area contributed by atoms with Crippen LogP contribution in [0.15, 0.2) is 237 Å². The Bertz CT molecular complexity index is 3510. The van der Waals surface area contributed by atoms with Gasteiger partial charge in [-0.05, 0) is 101 Å². The molecule has 0 aliphatic rings. The molecule has 10 aromatic carbocycles. The van der Waals surface area contributed by atoms with Crippen LogP contribution in [0.1, 0.15) is 0 Å². The van der Waals surface area contributed by atoms with E-state index >= 15 is 0 Å². The first-order valence-electron chi connectivity index (χ1n) is 20.9. The summed E-state index contributed by atoms with van der Waals surface area (Å²) < 4.78 is 4.79. The molecule has 0 N–H and O–H groups in total. The van der Waals surface area contributed by atoms with Crippen LogP contribution in [0.25, 0.3) is 88.0 Å². The van der Waals surface area contributed by atoms with Crippen molar-refractivity contribution in [3.8, 4) is 33.6 Å². The summed E-state index contributed by atoms with van der Waals surface area (Å²) in [5.74, 6) is 0. The Morgan fingerprint density at radius 3 is 1.31 bits per heavy atom. The normalized spacial score (nSPS) is 11.6. The summed E-state index contributed by atoms with van der Waals surface area (Å²) in [7, 11) is 0. The van der Waals surface area contributed by atoms with Crippen molar-refractivity contribution in [3.05, 3.63) is 237 Å². The van der Waals surface area contributed by atoms with Gasteiger partial charge in [-0.15, -0.1) is 0 Å². The van der Waals surface area contributed by atoms with E-state index in [9.17, 15) is 0 Å². The first-order chi connectivity index (χ1) is 30.3. The molecule has 12 aromatic rings. The molecule has 0 aliphatic heterocycles. The Morgan fingerprint density at radius 1 is 0.262 bits per heavy atom. The highest BCUT2D eigenvalue weighted by atomic mass is 15.1. The maximum absolute atomic E-state index is 2.42. The zero-order chi connectivity index (χ0) is 40.3. The topological polar surface area (TPSA) is 13.1 Å². The van der Waals surface area contributed by atoms with E-state index in [2.05, 4.69) is 251 Å². The van der Waals surface area contributed by atoms with E-state index in [4.69, 9.17) is 0 Å². The molecular weight excluding hydrogens is 739 g/mol. The van der Waals surface area contributed by atoms with Gasteiger partial charge in [-0.2, -0.15) is 0 Å². The van der Waals surface area contributed by atoms with Gasteiger partial charge in [-0.3, -0.25) is 0 Å². The zero-order valence-corrected chi connectivity index (χ0v) is 33.4. The third-order valence-corrected chi connectivity index (χ3v) is 12.3. The number of benzene rings is 10. The van der Waals surface area contributed by atoms with Crippen molar-refractivity contribution in [2.75, 3.05) is 4.90 Å². The molecule has 61 heavy (non-hydrogen) atoms. The molecule has 3 heteroatoms. The minimum Gasteiger partial charge on any atom is -0.310 e. The summed E-state index contributed by atoms with van der Waals surface area (Å²) in [5, 5.41) is 7.43. The third kappa shape index (κ3) is 5.74. The van der Waals surface area contributed by atoms with Crippen LogP contribution >= 0.6 is 0 Å². The second-order valence-corrected chi connectivity index (χ2v) is 15.7. The van der Waals surface area contributed by atoms with Gasteiger partial charge in [0.1, 0.15) is 0 Å². The Labute approximate surface area is 354 Å². The molecular formula is C58H39N3. The molecule has 0 fully saturated rings. The summed E-state index contributed by atoms with van der Waals surface area (Å²) in [6.07, 6.45) is 0. The number of para-hydroxylation sites is 5. The van der Waals surface area contributed by atoms with Crippen molar-refractivity contribution in [3.63, 3.8) is 0 Å². The van der Waals surface area contributed by atoms with Crippen LogP contribution in [0.2, 0.25) is 0 Å². The summed E-state index contributed by atoms with van der Waals surface area (Å²) >= 11 is 0. The van der Waals surface area contributed by atoms with Gasteiger partial charge in [0.2, 0.25) is 0 Å². The Kier molecular flexibility index (Phi) is 8.17. The van der Waals surface area contributed by atoms with E-state index in [1.165, 1.54) is 88.0 Å². The maximum Gasteiger partial charge on any atom is 0.0542 e. The van der Waals surface area contributed by atoms with Gasteiger partial charge in [0, 0.05) is 49.4 Å². The van der Waals surface area contributed by atoms with Crippen molar-refractivity contribution >= 4 is 71.4 Å². The van der Waals surface area contributed by atoms with Crippen LogP contribution in [0.5, 0.6) is 0 Å². The first-order valence-corrected chi connectivity index (χ1v) is 20.9. The van der Waals surface area contributed by atoms with Crippen LogP contribution in [-0.4, -0.2) is 9.13 Å². The largest absolute Gasteiger partial charge is 0.310 e. The summed E-state index contributed by atoms with van der Waals surface area (Å²) in [4.78, 5) is 2.38. The maximum atomic E-state index is 2.42. The van der Waals surface area contributed by atoms with Crippen LogP contribution in [-0.2, 0) is 0 Å². The van der Waals surface area contributed by atoms with Crippen molar-refractivity contribution in [1.29, 1.82) is 0 Å². The minimum atomic E-state index is 1.10. The lowest BCUT2D eigenvalue weighted by atomic mass is 9.98. The standard InChI is InChI=1S/C58H39N3/c1-3-15-44(16-4-1)59(56-37-38-57(50-20-8-7-19-49(50)56)61-54-25-13-9-21-47(54)48-22-10-14-26-55(48)61)46-34-31-41(32-35-46)40-27-29-42(30-28-40)43-33-36-58-52(39-43)51-23-11-12-24-53(51)60(58)45-17-5-2-6-18-45/h1-39H. The lowest BCUT2D eigenvalue weighted by Gasteiger charge is -2.28. The average Bonchev–Trinajstić information content (AvgIpc) is 3.85. The molecule has 0 bridgehead atoms. The van der Waals surface area contributed by atoms with Gasteiger partial charge < -0.3 is 14.0 Å². The van der Waals surface area contributed by atoms with Crippen LogP contribution in [0, 0.1) is 0 Å². The molecule has 0 saturated heterocycles. The van der Waals surface area contributed by atoms with E-state index in [-0.39, 0.29) is 0 Å². The minimum absolute atomic E-state index is 1.10. The molecule has 0 saturated carbocycles. The van der Waals surface area contributed by atoms with E-state index < -0.39 is 0 Å².